The number of carbonyl (C=O) groups is 2. The molecule has 25 heavy (non-hydrogen) atoms. The topological polar surface area (TPSA) is 66.4 Å². The number of halogens is 1. The third-order valence-corrected chi connectivity index (χ3v) is 4.22. The van der Waals surface area contributed by atoms with Crippen LogP contribution in [0.5, 0.6) is 0 Å². The molecule has 0 aliphatic carbocycles. The number of amides is 2. The third-order valence-electron chi connectivity index (χ3n) is 4.22. The van der Waals surface area contributed by atoms with Gasteiger partial charge in [0.15, 0.2) is 0 Å². The molecule has 3 rings (SSSR count). The monoisotopic (exact) mass is 342 g/mol. The van der Waals surface area contributed by atoms with Crippen molar-refractivity contribution in [1.82, 2.24) is 19.8 Å². The summed E-state index contributed by atoms with van der Waals surface area (Å²) >= 11 is 0. The van der Waals surface area contributed by atoms with E-state index in [9.17, 15) is 14.0 Å². The highest BCUT2D eigenvalue weighted by atomic mass is 19.1. The van der Waals surface area contributed by atoms with Gasteiger partial charge < -0.3 is 9.80 Å². The molecule has 130 valence electrons. The van der Waals surface area contributed by atoms with Crippen molar-refractivity contribution in [1.29, 1.82) is 0 Å². The first-order valence-corrected chi connectivity index (χ1v) is 8.21. The van der Waals surface area contributed by atoms with Gasteiger partial charge in [0.1, 0.15) is 11.5 Å². The van der Waals surface area contributed by atoms with Gasteiger partial charge in [-0.05, 0) is 18.1 Å². The lowest BCUT2D eigenvalue weighted by Crippen LogP contribution is -2.38. The molecule has 2 aromatic rings. The summed E-state index contributed by atoms with van der Waals surface area (Å²) in [5.74, 6) is -0.680. The highest BCUT2D eigenvalue weighted by Crippen LogP contribution is 2.12. The first-order chi connectivity index (χ1) is 12.1. The molecule has 7 heteroatoms. The van der Waals surface area contributed by atoms with Crippen LogP contribution in [0.25, 0.3) is 0 Å². The second kappa shape index (κ2) is 7.83. The predicted octanol–water partition coefficient (Wildman–Crippen LogP) is 1.53. The molecule has 6 nitrogen and oxygen atoms in total. The van der Waals surface area contributed by atoms with Crippen LogP contribution in [0.1, 0.15) is 22.5 Å². The van der Waals surface area contributed by atoms with Crippen LogP contribution in [0.15, 0.2) is 42.9 Å². The van der Waals surface area contributed by atoms with Gasteiger partial charge in [0.2, 0.25) is 5.91 Å². The minimum absolute atomic E-state index is 0.0325. The number of nitrogens with zero attached hydrogens (tertiary/aromatic N) is 4. The second-order valence-electron chi connectivity index (χ2n) is 5.89. The molecular formula is C18H19FN4O2. The van der Waals surface area contributed by atoms with E-state index in [2.05, 4.69) is 9.97 Å². The summed E-state index contributed by atoms with van der Waals surface area (Å²) < 4.78 is 13.7. The Balaban J connectivity index is 1.60. The van der Waals surface area contributed by atoms with Gasteiger partial charge in [-0.2, -0.15) is 0 Å². The van der Waals surface area contributed by atoms with Gasteiger partial charge in [-0.1, -0.05) is 18.2 Å². The van der Waals surface area contributed by atoms with Gasteiger partial charge in [-0.15, -0.1) is 0 Å². The zero-order valence-corrected chi connectivity index (χ0v) is 13.8. The van der Waals surface area contributed by atoms with E-state index in [4.69, 9.17) is 0 Å². The summed E-state index contributed by atoms with van der Waals surface area (Å²) in [5.41, 5.74) is 0.692. The van der Waals surface area contributed by atoms with Crippen molar-refractivity contribution >= 4 is 11.8 Å². The summed E-state index contributed by atoms with van der Waals surface area (Å²) in [7, 11) is 0. The summed E-state index contributed by atoms with van der Waals surface area (Å²) in [6.45, 7) is 1.97. The maximum atomic E-state index is 13.7. The molecule has 2 heterocycles. The van der Waals surface area contributed by atoms with E-state index >= 15 is 0 Å². The van der Waals surface area contributed by atoms with E-state index in [-0.39, 0.29) is 24.1 Å². The largest absolute Gasteiger partial charge is 0.341 e. The molecule has 0 spiro atoms. The van der Waals surface area contributed by atoms with E-state index in [1.807, 2.05) is 0 Å². The van der Waals surface area contributed by atoms with Crippen LogP contribution in [0.2, 0.25) is 0 Å². The van der Waals surface area contributed by atoms with E-state index in [1.54, 1.807) is 28.0 Å². The molecule has 1 aromatic carbocycles. The molecule has 1 aromatic heterocycles. The van der Waals surface area contributed by atoms with Crippen LogP contribution in [-0.4, -0.2) is 57.8 Å². The standard InChI is InChI=1S/C18H19FN4O2/c19-15-5-2-1-4-14(15)12-17(24)22-8-3-9-23(11-10-22)18(25)16-13-20-6-7-21-16/h1-2,4-7,13H,3,8-12H2. The van der Waals surface area contributed by atoms with Crippen molar-refractivity contribution in [2.24, 2.45) is 0 Å². The maximum absolute atomic E-state index is 13.7. The average Bonchev–Trinajstić information content (AvgIpc) is 2.90. The smallest absolute Gasteiger partial charge is 0.274 e. The van der Waals surface area contributed by atoms with Crippen LogP contribution in [0, 0.1) is 5.82 Å². The van der Waals surface area contributed by atoms with Crippen LogP contribution < -0.4 is 0 Å². The summed E-state index contributed by atoms with van der Waals surface area (Å²) in [6.07, 6.45) is 5.14. The molecule has 2 amide bonds. The number of rotatable bonds is 3. The van der Waals surface area contributed by atoms with Gasteiger partial charge in [-0.3, -0.25) is 14.6 Å². The fourth-order valence-corrected chi connectivity index (χ4v) is 2.86. The SMILES string of the molecule is O=C(Cc1ccccc1F)N1CCCN(C(=O)c2cnccn2)CC1. The number of carbonyl (C=O) groups excluding carboxylic acids is 2. The minimum Gasteiger partial charge on any atom is -0.341 e. The summed E-state index contributed by atoms with van der Waals surface area (Å²) in [6, 6.07) is 6.29. The lowest BCUT2D eigenvalue weighted by molar-refractivity contribution is -0.130. The van der Waals surface area contributed by atoms with Gasteiger partial charge in [0.25, 0.3) is 5.91 Å². The Labute approximate surface area is 145 Å². The molecule has 0 N–H and O–H groups in total. The normalized spacial score (nSPS) is 14.9. The van der Waals surface area contributed by atoms with Crippen molar-refractivity contribution in [3.05, 3.63) is 59.9 Å². The van der Waals surface area contributed by atoms with Crippen molar-refractivity contribution in [3.63, 3.8) is 0 Å². The van der Waals surface area contributed by atoms with Crippen molar-refractivity contribution < 1.29 is 14.0 Å². The maximum Gasteiger partial charge on any atom is 0.274 e. The molecule has 1 fully saturated rings. The van der Waals surface area contributed by atoms with Crippen LogP contribution in [0.4, 0.5) is 4.39 Å². The van der Waals surface area contributed by atoms with Crippen molar-refractivity contribution in [3.8, 4) is 0 Å². The van der Waals surface area contributed by atoms with Gasteiger partial charge in [0, 0.05) is 38.6 Å². The van der Waals surface area contributed by atoms with Crippen LogP contribution in [-0.2, 0) is 11.2 Å². The summed E-state index contributed by atoms with van der Waals surface area (Å²) in [4.78, 5) is 36.2. The van der Waals surface area contributed by atoms with E-state index in [1.165, 1.54) is 24.7 Å². The Morgan fingerprint density at radius 3 is 2.56 bits per heavy atom. The van der Waals surface area contributed by atoms with Crippen molar-refractivity contribution in [2.75, 3.05) is 26.2 Å². The Kier molecular flexibility index (Phi) is 5.33. The third kappa shape index (κ3) is 4.17. The molecule has 0 bridgehead atoms. The Morgan fingerprint density at radius 1 is 1.04 bits per heavy atom. The lowest BCUT2D eigenvalue weighted by atomic mass is 10.1. The number of hydrogen-bond donors (Lipinski definition) is 0. The highest BCUT2D eigenvalue weighted by Gasteiger charge is 2.24. The second-order valence-corrected chi connectivity index (χ2v) is 5.89. The quantitative estimate of drug-likeness (QED) is 0.848. The highest BCUT2D eigenvalue weighted by molar-refractivity contribution is 5.92. The van der Waals surface area contributed by atoms with E-state index < -0.39 is 0 Å². The fourth-order valence-electron chi connectivity index (χ4n) is 2.86. The molecule has 0 unspecified atom stereocenters. The zero-order valence-electron chi connectivity index (χ0n) is 13.8. The van der Waals surface area contributed by atoms with Gasteiger partial charge >= 0.3 is 0 Å². The van der Waals surface area contributed by atoms with E-state index in [0.717, 1.165) is 0 Å². The first kappa shape index (κ1) is 17.0. The number of benzene rings is 1. The fraction of sp³-hybridized carbons (Fsp3) is 0.333. The number of aromatic nitrogens is 2. The van der Waals surface area contributed by atoms with Crippen LogP contribution in [0.3, 0.4) is 0 Å². The van der Waals surface area contributed by atoms with Crippen LogP contribution >= 0.6 is 0 Å². The molecule has 0 saturated carbocycles. The zero-order chi connectivity index (χ0) is 17.6. The van der Waals surface area contributed by atoms with Crippen molar-refractivity contribution in [2.45, 2.75) is 12.8 Å². The molecule has 0 radical (unpaired) electrons. The number of hydrogen-bond acceptors (Lipinski definition) is 4. The van der Waals surface area contributed by atoms with Gasteiger partial charge in [0.05, 0.1) is 12.6 Å². The molecular weight excluding hydrogens is 323 g/mol. The average molecular weight is 342 g/mol. The molecule has 1 aliphatic heterocycles. The predicted molar refractivity (Wildman–Crippen MR) is 89.2 cm³/mol. The Hall–Kier alpha value is -2.83. The molecule has 0 atom stereocenters. The minimum atomic E-state index is -0.370. The molecule has 1 saturated heterocycles. The Bertz CT molecular complexity index is 754. The Morgan fingerprint density at radius 2 is 1.80 bits per heavy atom. The lowest BCUT2D eigenvalue weighted by Gasteiger charge is -2.22. The van der Waals surface area contributed by atoms with E-state index in [0.29, 0.717) is 43.9 Å². The summed E-state index contributed by atoms with van der Waals surface area (Å²) in [5, 5.41) is 0. The molecule has 1 aliphatic rings. The van der Waals surface area contributed by atoms with Gasteiger partial charge in [-0.25, -0.2) is 9.37 Å². The first-order valence-electron chi connectivity index (χ1n) is 8.21.